The van der Waals surface area contributed by atoms with Crippen LogP contribution >= 0.6 is 11.6 Å². The number of halogens is 1. The molecule has 1 rings (SSSR count). The zero-order valence-electron chi connectivity index (χ0n) is 9.44. The quantitative estimate of drug-likeness (QED) is 0.756. The van der Waals surface area contributed by atoms with Crippen LogP contribution < -0.4 is 0 Å². The van der Waals surface area contributed by atoms with Crippen molar-refractivity contribution < 1.29 is 19.1 Å². The average Bonchev–Trinajstić information content (AvgIpc) is 2.30. The smallest absolute Gasteiger partial charge is 0.344 e. The molecular formula is C12H13ClO4. The lowest BCUT2D eigenvalue weighted by atomic mass is 10.1. The SMILES string of the molecule is CCOC(=O)COC(=O)Cc1ccccc1Cl. The Kier molecular flexibility index (Phi) is 5.49. The largest absolute Gasteiger partial charge is 0.463 e. The van der Waals surface area contributed by atoms with E-state index in [-0.39, 0.29) is 19.6 Å². The van der Waals surface area contributed by atoms with Gasteiger partial charge >= 0.3 is 11.9 Å². The standard InChI is InChI=1S/C12H13ClO4/c1-2-16-12(15)8-17-11(14)7-9-5-3-4-6-10(9)13/h3-6H,2,7-8H2,1H3. The molecule has 0 unspecified atom stereocenters. The number of carbonyl (C=O) groups excluding carboxylic acids is 2. The van der Waals surface area contributed by atoms with E-state index in [9.17, 15) is 9.59 Å². The van der Waals surface area contributed by atoms with Crippen LogP contribution in [0.1, 0.15) is 12.5 Å². The van der Waals surface area contributed by atoms with Crippen LogP contribution in [0.25, 0.3) is 0 Å². The third kappa shape index (κ3) is 4.87. The van der Waals surface area contributed by atoms with Crippen molar-refractivity contribution in [3.05, 3.63) is 34.9 Å². The van der Waals surface area contributed by atoms with Gasteiger partial charge in [0, 0.05) is 5.02 Å². The summed E-state index contributed by atoms with van der Waals surface area (Å²) in [6.07, 6.45) is 0.0408. The zero-order chi connectivity index (χ0) is 12.7. The monoisotopic (exact) mass is 256 g/mol. The molecule has 0 aliphatic rings. The van der Waals surface area contributed by atoms with Crippen molar-refractivity contribution in [2.75, 3.05) is 13.2 Å². The van der Waals surface area contributed by atoms with Crippen molar-refractivity contribution in [3.8, 4) is 0 Å². The first-order valence-electron chi connectivity index (χ1n) is 5.18. The van der Waals surface area contributed by atoms with Gasteiger partial charge in [-0.2, -0.15) is 0 Å². The fourth-order valence-electron chi connectivity index (χ4n) is 1.19. The molecule has 0 aliphatic heterocycles. The van der Waals surface area contributed by atoms with Gasteiger partial charge < -0.3 is 9.47 Å². The molecule has 0 atom stereocenters. The first-order valence-corrected chi connectivity index (χ1v) is 5.56. The fraction of sp³-hybridized carbons (Fsp3) is 0.333. The van der Waals surface area contributed by atoms with Crippen LogP contribution in [0.4, 0.5) is 0 Å². The van der Waals surface area contributed by atoms with Gasteiger partial charge in [0.1, 0.15) is 0 Å². The van der Waals surface area contributed by atoms with Crippen molar-refractivity contribution in [3.63, 3.8) is 0 Å². The molecule has 17 heavy (non-hydrogen) atoms. The summed E-state index contributed by atoms with van der Waals surface area (Å²) < 4.78 is 9.37. The zero-order valence-corrected chi connectivity index (χ0v) is 10.2. The highest BCUT2D eigenvalue weighted by molar-refractivity contribution is 6.31. The molecule has 1 aromatic rings. The molecule has 0 bridgehead atoms. The van der Waals surface area contributed by atoms with Gasteiger partial charge in [0.15, 0.2) is 6.61 Å². The van der Waals surface area contributed by atoms with Crippen LogP contribution in [-0.2, 0) is 25.5 Å². The van der Waals surface area contributed by atoms with E-state index in [0.717, 1.165) is 0 Å². The molecular weight excluding hydrogens is 244 g/mol. The molecule has 0 saturated carbocycles. The Labute approximate surface area is 104 Å². The highest BCUT2D eigenvalue weighted by Crippen LogP contribution is 2.15. The normalized spacial score (nSPS) is 9.76. The van der Waals surface area contributed by atoms with Gasteiger partial charge in [-0.05, 0) is 18.6 Å². The Morgan fingerprint density at radius 3 is 2.53 bits per heavy atom. The Bertz CT molecular complexity index is 403. The van der Waals surface area contributed by atoms with Crippen LogP contribution in [0, 0.1) is 0 Å². The summed E-state index contributed by atoms with van der Waals surface area (Å²) in [6, 6.07) is 6.97. The van der Waals surface area contributed by atoms with Crippen LogP contribution in [0.15, 0.2) is 24.3 Å². The van der Waals surface area contributed by atoms with Crippen LogP contribution in [0.3, 0.4) is 0 Å². The summed E-state index contributed by atoms with van der Waals surface area (Å²) in [4.78, 5) is 22.3. The second-order valence-electron chi connectivity index (χ2n) is 3.23. The minimum Gasteiger partial charge on any atom is -0.463 e. The van der Waals surface area contributed by atoms with Gasteiger partial charge in [0.25, 0.3) is 0 Å². The summed E-state index contributed by atoms with van der Waals surface area (Å²) >= 11 is 5.88. The van der Waals surface area contributed by atoms with E-state index in [1.165, 1.54) is 0 Å². The van der Waals surface area contributed by atoms with Crippen molar-refractivity contribution >= 4 is 23.5 Å². The first kappa shape index (κ1) is 13.5. The van der Waals surface area contributed by atoms with Crippen LogP contribution in [0.2, 0.25) is 5.02 Å². The number of benzene rings is 1. The minimum absolute atomic E-state index is 0.0408. The van der Waals surface area contributed by atoms with Gasteiger partial charge in [-0.25, -0.2) is 4.79 Å². The predicted molar refractivity (Wildman–Crippen MR) is 62.7 cm³/mol. The second-order valence-corrected chi connectivity index (χ2v) is 3.64. The molecule has 0 aromatic heterocycles. The summed E-state index contributed by atoms with van der Waals surface area (Å²) in [6.45, 7) is 1.58. The molecule has 4 nitrogen and oxygen atoms in total. The van der Waals surface area contributed by atoms with Gasteiger partial charge in [-0.1, -0.05) is 29.8 Å². The summed E-state index contributed by atoms with van der Waals surface area (Å²) in [7, 11) is 0. The predicted octanol–water partition coefficient (Wildman–Crippen LogP) is 1.99. The third-order valence-corrected chi connectivity index (χ3v) is 2.32. The summed E-state index contributed by atoms with van der Waals surface area (Å²) in [5.41, 5.74) is 0.669. The van der Waals surface area contributed by atoms with Crippen molar-refractivity contribution in [1.82, 2.24) is 0 Å². The Morgan fingerprint density at radius 2 is 1.88 bits per heavy atom. The van der Waals surface area contributed by atoms with Crippen LogP contribution in [0.5, 0.6) is 0 Å². The number of hydrogen-bond donors (Lipinski definition) is 0. The Balaban J connectivity index is 2.40. The van der Waals surface area contributed by atoms with Crippen molar-refractivity contribution in [2.24, 2.45) is 0 Å². The van der Waals surface area contributed by atoms with E-state index in [1.807, 2.05) is 0 Å². The third-order valence-electron chi connectivity index (χ3n) is 1.95. The van der Waals surface area contributed by atoms with E-state index in [0.29, 0.717) is 10.6 Å². The van der Waals surface area contributed by atoms with Gasteiger partial charge in [0.2, 0.25) is 0 Å². The van der Waals surface area contributed by atoms with Gasteiger partial charge in [-0.3, -0.25) is 4.79 Å². The van der Waals surface area contributed by atoms with Crippen molar-refractivity contribution in [1.29, 1.82) is 0 Å². The van der Waals surface area contributed by atoms with Crippen LogP contribution in [-0.4, -0.2) is 25.2 Å². The lowest BCUT2D eigenvalue weighted by Gasteiger charge is -2.05. The molecule has 92 valence electrons. The second kappa shape index (κ2) is 6.91. The lowest BCUT2D eigenvalue weighted by molar-refractivity contribution is -0.158. The van der Waals surface area contributed by atoms with Gasteiger partial charge in [0.05, 0.1) is 13.0 Å². The molecule has 1 aromatic carbocycles. The van der Waals surface area contributed by atoms with E-state index < -0.39 is 11.9 Å². The highest BCUT2D eigenvalue weighted by Gasteiger charge is 2.10. The molecule has 0 radical (unpaired) electrons. The number of hydrogen-bond acceptors (Lipinski definition) is 4. The average molecular weight is 257 g/mol. The van der Waals surface area contributed by atoms with E-state index >= 15 is 0 Å². The maximum absolute atomic E-state index is 11.4. The molecule has 0 spiro atoms. The molecule has 0 fully saturated rings. The topological polar surface area (TPSA) is 52.6 Å². The van der Waals surface area contributed by atoms with E-state index in [2.05, 4.69) is 4.74 Å². The maximum atomic E-state index is 11.4. The summed E-state index contributed by atoms with van der Waals surface area (Å²) in [5.74, 6) is -1.06. The minimum atomic E-state index is -0.556. The fourth-order valence-corrected chi connectivity index (χ4v) is 1.39. The van der Waals surface area contributed by atoms with E-state index in [1.54, 1.807) is 31.2 Å². The molecule has 0 heterocycles. The molecule has 5 heteroatoms. The number of rotatable bonds is 5. The molecule has 0 aliphatic carbocycles. The maximum Gasteiger partial charge on any atom is 0.344 e. The van der Waals surface area contributed by atoms with Crippen molar-refractivity contribution in [2.45, 2.75) is 13.3 Å². The number of ether oxygens (including phenoxy) is 2. The summed E-state index contributed by atoms with van der Waals surface area (Å²) in [5, 5.41) is 0.501. The first-order chi connectivity index (χ1) is 8.13. The van der Waals surface area contributed by atoms with Gasteiger partial charge in [-0.15, -0.1) is 0 Å². The Hall–Kier alpha value is -1.55. The molecule has 0 N–H and O–H groups in total. The molecule has 0 amide bonds. The van der Waals surface area contributed by atoms with E-state index in [4.69, 9.17) is 16.3 Å². The number of esters is 2. The highest BCUT2D eigenvalue weighted by atomic mass is 35.5. The Morgan fingerprint density at radius 1 is 1.18 bits per heavy atom. The molecule has 0 saturated heterocycles. The number of carbonyl (C=O) groups is 2. The lowest BCUT2D eigenvalue weighted by Crippen LogP contribution is -2.17.